The Hall–Kier alpha value is -2.80. The van der Waals surface area contributed by atoms with E-state index < -0.39 is 0 Å². The average molecular weight is 337 g/mol. The van der Waals surface area contributed by atoms with Crippen LogP contribution in [0.5, 0.6) is 0 Å². The minimum absolute atomic E-state index is 0.513. The standard InChI is InChI=1S/C17H15N5OS/c1-2-15-20-14(21-23-15)10-22-9-8-18-16(22)17-19-13(11-24-17)12-6-4-3-5-7-12/h3-9,11H,2,10H2,1H3. The second kappa shape index (κ2) is 6.37. The maximum atomic E-state index is 5.16. The van der Waals surface area contributed by atoms with Crippen LogP contribution in [0.2, 0.25) is 0 Å². The number of hydrogen-bond acceptors (Lipinski definition) is 6. The second-order valence-corrected chi connectivity index (χ2v) is 6.10. The summed E-state index contributed by atoms with van der Waals surface area (Å²) in [5.74, 6) is 2.10. The van der Waals surface area contributed by atoms with Gasteiger partial charge >= 0.3 is 0 Å². The highest BCUT2D eigenvalue weighted by atomic mass is 32.1. The second-order valence-electron chi connectivity index (χ2n) is 5.24. The molecule has 4 aromatic rings. The molecule has 24 heavy (non-hydrogen) atoms. The van der Waals surface area contributed by atoms with E-state index in [0.717, 1.165) is 28.5 Å². The number of rotatable bonds is 5. The van der Waals surface area contributed by atoms with Crippen molar-refractivity contribution in [1.82, 2.24) is 24.7 Å². The molecular weight excluding hydrogens is 322 g/mol. The topological polar surface area (TPSA) is 69.6 Å². The van der Waals surface area contributed by atoms with Crippen molar-refractivity contribution in [2.24, 2.45) is 0 Å². The van der Waals surface area contributed by atoms with Crippen molar-refractivity contribution in [3.8, 4) is 22.1 Å². The summed E-state index contributed by atoms with van der Waals surface area (Å²) < 4.78 is 7.15. The summed E-state index contributed by atoms with van der Waals surface area (Å²) in [6, 6.07) is 10.1. The van der Waals surface area contributed by atoms with Crippen molar-refractivity contribution in [1.29, 1.82) is 0 Å². The van der Waals surface area contributed by atoms with Gasteiger partial charge in [0.2, 0.25) is 5.89 Å². The van der Waals surface area contributed by atoms with Gasteiger partial charge in [0.15, 0.2) is 16.7 Å². The molecule has 120 valence electrons. The van der Waals surface area contributed by atoms with E-state index in [0.29, 0.717) is 18.3 Å². The first kappa shape index (κ1) is 14.8. The van der Waals surface area contributed by atoms with Crippen LogP contribution in [0.1, 0.15) is 18.6 Å². The molecule has 0 aliphatic carbocycles. The molecule has 6 nitrogen and oxygen atoms in total. The molecule has 3 aromatic heterocycles. The summed E-state index contributed by atoms with van der Waals surface area (Å²) in [6.07, 6.45) is 4.40. The van der Waals surface area contributed by atoms with Gasteiger partial charge in [0.05, 0.1) is 12.2 Å². The van der Waals surface area contributed by atoms with Crippen molar-refractivity contribution >= 4 is 11.3 Å². The third-order valence-corrected chi connectivity index (χ3v) is 4.44. The lowest BCUT2D eigenvalue weighted by Crippen LogP contribution is -2.02. The Morgan fingerprint density at radius 2 is 2.04 bits per heavy atom. The molecule has 1 aromatic carbocycles. The van der Waals surface area contributed by atoms with Crippen molar-refractivity contribution in [2.45, 2.75) is 19.9 Å². The van der Waals surface area contributed by atoms with Crippen LogP contribution in [0, 0.1) is 0 Å². The third-order valence-electron chi connectivity index (χ3n) is 3.60. The normalized spacial score (nSPS) is 11.0. The zero-order valence-corrected chi connectivity index (χ0v) is 13.9. The monoisotopic (exact) mass is 337 g/mol. The molecule has 0 amide bonds. The van der Waals surface area contributed by atoms with Gasteiger partial charge in [-0.3, -0.25) is 0 Å². The van der Waals surface area contributed by atoms with Crippen LogP contribution >= 0.6 is 11.3 Å². The van der Waals surface area contributed by atoms with Gasteiger partial charge in [-0.05, 0) is 0 Å². The lowest BCUT2D eigenvalue weighted by atomic mass is 10.2. The molecule has 0 unspecified atom stereocenters. The van der Waals surface area contributed by atoms with Gasteiger partial charge in [-0.2, -0.15) is 4.98 Å². The summed E-state index contributed by atoms with van der Waals surface area (Å²) >= 11 is 1.58. The molecule has 0 aliphatic rings. The van der Waals surface area contributed by atoms with Gasteiger partial charge in [-0.1, -0.05) is 42.4 Å². The number of nitrogens with zero attached hydrogens (tertiary/aromatic N) is 5. The molecule has 0 bridgehead atoms. The van der Waals surface area contributed by atoms with Crippen LogP contribution in [0.25, 0.3) is 22.1 Å². The Kier molecular flexibility index (Phi) is 3.92. The lowest BCUT2D eigenvalue weighted by Gasteiger charge is -2.02. The molecular formula is C17H15N5OS. The van der Waals surface area contributed by atoms with Crippen LogP contribution < -0.4 is 0 Å². The van der Waals surface area contributed by atoms with Crippen molar-refractivity contribution in [2.75, 3.05) is 0 Å². The molecule has 7 heteroatoms. The zero-order valence-electron chi connectivity index (χ0n) is 13.1. The minimum Gasteiger partial charge on any atom is -0.339 e. The van der Waals surface area contributed by atoms with E-state index in [4.69, 9.17) is 9.51 Å². The number of thiazole rings is 1. The number of benzene rings is 1. The van der Waals surface area contributed by atoms with Crippen LogP contribution in [-0.2, 0) is 13.0 Å². The van der Waals surface area contributed by atoms with Gasteiger partial charge in [-0.25, -0.2) is 9.97 Å². The van der Waals surface area contributed by atoms with Gasteiger partial charge in [0.1, 0.15) is 0 Å². The molecule has 0 radical (unpaired) electrons. The molecule has 0 atom stereocenters. The van der Waals surface area contributed by atoms with E-state index in [9.17, 15) is 0 Å². The fourth-order valence-corrected chi connectivity index (χ4v) is 3.24. The number of aromatic nitrogens is 5. The van der Waals surface area contributed by atoms with E-state index in [1.54, 1.807) is 17.5 Å². The molecule has 4 rings (SSSR count). The summed E-state index contributed by atoms with van der Waals surface area (Å²) in [6.45, 7) is 2.50. The quantitative estimate of drug-likeness (QED) is 0.556. The van der Waals surface area contributed by atoms with Crippen LogP contribution in [0.3, 0.4) is 0 Å². The van der Waals surface area contributed by atoms with E-state index in [2.05, 4.69) is 27.3 Å². The molecule has 0 spiro atoms. The van der Waals surface area contributed by atoms with Crippen molar-refractivity contribution in [3.63, 3.8) is 0 Å². The van der Waals surface area contributed by atoms with Gasteiger partial charge in [0, 0.05) is 29.8 Å². The van der Waals surface area contributed by atoms with Crippen molar-refractivity contribution < 1.29 is 4.52 Å². The Labute approximate surface area is 142 Å². The fraction of sp³-hybridized carbons (Fsp3) is 0.176. The molecule has 0 fully saturated rings. The first-order valence-corrected chi connectivity index (χ1v) is 8.55. The Balaban J connectivity index is 1.62. The average Bonchev–Trinajstić information content (AvgIpc) is 3.36. The summed E-state index contributed by atoms with van der Waals surface area (Å²) in [7, 11) is 0. The minimum atomic E-state index is 0.513. The Morgan fingerprint density at radius 1 is 1.17 bits per heavy atom. The summed E-state index contributed by atoms with van der Waals surface area (Å²) in [5, 5.41) is 6.92. The van der Waals surface area contributed by atoms with Crippen LogP contribution in [-0.4, -0.2) is 24.7 Å². The summed E-state index contributed by atoms with van der Waals surface area (Å²) in [4.78, 5) is 13.5. The zero-order chi connectivity index (χ0) is 16.4. The molecule has 0 saturated heterocycles. The molecule has 3 heterocycles. The van der Waals surface area contributed by atoms with E-state index in [1.165, 1.54) is 0 Å². The van der Waals surface area contributed by atoms with Gasteiger partial charge in [-0.15, -0.1) is 11.3 Å². The molecule has 0 aliphatic heterocycles. The SMILES string of the molecule is CCc1nc(Cn2ccnc2-c2nc(-c3ccccc3)cs2)no1. The number of hydrogen-bond donors (Lipinski definition) is 0. The first-order valence-electron chi connectivity index (χ1n) is 7.67. The fourth-order valence-electron chi connectivity index (χ4n) is 2.40. The third kappa shape index (κ3) is 2.85. The highest BCUT2D eigenvalue weighted by Gasteiger charge is 2.14. The lowest BCUT2D eigenvalue weighted by molar-refractivity contribution is 0.375. The number of aryl methyl sites for hydroxylation is 1. The Bertz CT molecular complexity index is 941. The maximum Gasteiger partial charge on any atom is 0.226 e. The van der Waals surface area contributed by atoms with Crippen molar-refractivity contribution in [3.05, 3.63) is 59.8 Å². The van der Waals surface area contributed by atoms with Gasteiger partial charge in [0.25, 0.3) is 0 Å². The number of imidazole rings is 1. The van der Waals surface area contributed by atoms with E-state index in [1.807, 2.05) is 41.3 Å². The molecule has 0 saturated carbocycles. The predicted octanol–water partition coefficient (Wildman–Crippen LogP) is 3.67. The highest BCUT2D eigenvalue weighted by molar-refractivity contribution is 7.13. The van der Waals surface area contributed by atoms with E-state index in [-0.39, 0.29) is 0 Å². The summed E-state index contributed by atoms with van der Waals surface area (Å²) in [5.41, 5.74) is 2.06. The van der Waals surface area contributed by atoms with E-state index >= 15 is 0 Å². The largest absolute Gasteiger partial charge is 0.339 e. The first-order chi connectivity index (χ1) is 11.8. The highest BCUT2D eigenvalue weighted by Crippen LogP contribution is 2.28. The maximum absolute atomic E-state index is 5.16. The predicted molar refractivity (Wildman–Crippen MR) is 91.5 cm³/mol. The molecule has 0 N–H and O–H groups in total. The van der Waals surface area contributed by atoms with Crippen LogP contribution in [0.15, 0.2) is 52.6 Å². The Morgan fingerprint density at radius 3 is 2.83 bits per heavy atom. The van der Waals surface area contributed by atoms with Gasteiger partial charge < -0.3 is 9.09 Å². The van der Waals surface area contributed by atoms with Crippen LogP contribution in [0.4, 0.5) is 0 Å². The smallest absolute Gasteiger partial charge is 0.226 e.